The Morgan fingerprint density at radius 3 is 2.57 bits per heavy atom. The minimum atomic E-state index is 0.660. The number of aromatic nitrogens is 1. The second kappa shape index (κ2) is 6.55. The van der Waals surface area contributed by atoms with Gasteiger partial charge in [0.15, 0.2) is 0 Å². The highest BCUT2D eigenvalue weighted by molar-refractivity contribution is 5.09. The van der Waals surface area contributed by atoms with Gasteiger partial charge >= 0.3 is 0 Å². The van der Waals surface area contributed by atoms with E-state index in [9.17, 15) is 0 Å². The van der Waals surface area contributed by atoms with Gasteiger partial charge in [-0.15, -0.1) is 0 Å². The Morgan fingerprint density at radius 2 is 2.00 bits per heavy atom. The van der Waals surface area contributed by atoms with Gasteiger partial charge in [0, 0.05) is 18.4 Å². The molecule has 1 unspecified atom stereocenters. The fraction of sp³-hybridized carbons (Fsp3) is 0.583. The Balaban J connectivity index is 2.32. The maximum Gasteiger partial charge on any atom is 0.0270 e. The minimum absolute atomic E-state index is 0.660. The Labute approximate surface area is 86.8 Å². The minimum Gasteiger partial charge on any atom is -0.314 e. The maximum atomic E-state index is 4.01. The van der Waals surface area contributed by atoms with Gasteiger partial charge in [-0.2, -0.15) is 0 Å². The van der Waals surface area contributed by atoms with E-state index >= 15 is 0 Å². The number of hydrogen-bond acceptors (Lipinski definition) is 2. The molecule has 0 amide bonds. The molecule has 2 heteroatoms. The van der Waals surface area contributed by atoms with Crippen LogP contribution in [0.2, 0.25) is 0 Å². The van der Waals surface area contributed by atoms with Gasteiger partial charge in [-0.1, -0.05) is 13.8 Å². The third-order valence-corrected chi connectivity index (χ3v) is 2.52. The zero-order valence-electron chi connectivity index (χ0n) is 9.16. The predicted octanol–water partition coefficient (Wildman–Crippen LogP) is 2.40. The largest absolute Gasteiger partial charge is 0.314 e. The average molecular weight is 192 g/mol. The van der Waals surface area contributed by atoms with E-state index in [2.05, 4.69) is 36.3 Å². The summed E-state index contributed by atoms with van der Waals surface area (Å²) >= 11 is 0. The van der Waals surface area contributed by atoms with Crippen LogP contribution in [0.1, 0.15) is 32.3 Å². The number of hydrogen-bond donors (Lipinski definition) is 1. The second-order valence-corrected chi connectivity index (χ2v) is 3.56. The summed E-state index contributed by atoms with van der Waals surface area (Å²) in [6.45, 7) is 5.46. The molecule has 0 bridgehead atoms. The monoisotopic (exact) mass is 192 g/mol. The number of rotatable bonds is 6. The molecule has 1 aromatic heterocycles. The lowest BCUT2D eigenvalue weighted by molar-refractivity contribution is 0.481. The molecule has 0 radical (unpaired) electrons. The Hall–Kier alpha value is -0.890. The van der Waals surface area contributed by atoms with E-state index < -0.39 is 0 Å². The zero-order valence-corrected chi connectivity index (χ0v) is 9.16. The van der Waals surface area contributed by atoms with Gasteiger partial charge in [-0.3, -0.25) is 4.98 Å². The van der Waals surface area contributed by atoms with Crippen LogP contribution in [-0.2, 0) is 6.42 Å². The van der Waals surface area contributed by atoms with Crippen molar-refractivity contribution in [2.45, 2.75) is 39.2 Å². The third kappa shape index (κ3) is 3.88. The molecular weight excluding hydrogens is 172 g/mol. The van der Waals surface area contributed by atoms with Crippen molar-refractivity contribution in [3.8, 4) is 0 Å². The van der Waals surface area contributed by atoms with Crippen molar-refractivity contribution in [3.05, 3.63) is 30.1 Å². The number of nitrogens with zero attached hydrogens (tertiary/aromatic N) is 1. The molecule has 1 rings (SSSR count). The van der Waals surface area contributed by atoms with Crippen molar-refractivity contribution in [2.75, 3.05) is 6.54 Å². The summed E-state index contributed by atoms with van der Waals surface area (Å²) in [6.07, 6.45) is 7.30. The van der Waals surface area contributed by atoms with E-state index in [1.54, 1.807) is 0 Å². The van der Waals surface area contributed by atoms with Crippen LogP contribution in [-0.4, -0.2) is 17.6 Å². The fourth-order valence-corrected chi connectivity index (χ4v) is 1.63. The molecule has 0 aliphatic carbocycles. The summed E-state index contributed by atoms with van der Waals surface area (Å²) in [6, 6.07) is 4.85. The average Bonchev–Trinajstić information content (AvgIpc) is 2.25. The van der Waals surface area contributed by atoms with Crippen LogP contribution < -0.4 is 5.32 Å². The molecule has 0 saturated carbocycles. The highest BCUT2D eigenvalue weighted by Gasteiger charge is 2.03. The molecule has 1 atom stereocenters. The summed E-state index contributed by atoms with van der Waals surface area (Å²) in [5.74, 6) is 0. The molecule has 1 heterocycles. The van der Waals surface area contributed by atoms with Crippen molar-refractivity contribution < 1.29 is 0 Å². The predicted molar refractivity (Wildman–Crippen MR) is 60.3 cm³/mol. The van der Waals surface area contributed by atoms with Crippen LogP contribution >= 0.6 is 0 Å². The van der Waals surface area contributed by atoms with E-state index in [-0.39, 0.29) is 0 Å². The standard InChI is InChI=1S/C12H20N2/c1-3-12(14-4-2)6-5-11-7-9-13-10-8-11/h7-10,12,14H,3-6H2,1-2H3. The Morgan fingerprint density at radius 1 is 1.29 bits per heavy atom. The van der Waals surface area contributed by atoms with Crippen LogP contribution in [0.5, 0.6) is 0 Å². The molecule has 0 aliphatic heterocycles. The first-order valence-electron chi connectivity index (χ1n) is 5.49. The lowest BCUT2D eigenvalue weighted by atomic mass is 10.0. The van der Waals surface area contributed by atoms with Gasteiger partial charge < -0.3 is 5.32 Å². The number of nitrogens with one attached hydrogen (secondary N) is 1. The summed E-state index contributed by atoms with van der Waals surface area (Å²) in [5.41, 5.74) is 1.39. The van der Waals surface area contributed by atoms with Gasteiger partial charge in [-0.05, 0) is 43.5 Å². The smallest absolute Gasteiger partial charge is 0.0270 e. The summed E-state index contributed by atoms with van der Waals surface area (Å²) < 4.78 is 0. The summed E-state index contributed by atoms with van der Waals surface area (Å²) in [5, 5.41) is 3.49. The SMILES string of the molecule is CCNC(CC)CCc1ccncc1. The summed E-state index contributed by atoms with van der Waals surface area (Å²) in [4.78, 5) is 4.01. The van der Waals surface area contributed by atoms with Crippen molar-refractivity contribution in [1.82, 2.24) is 10.3 Å². The third-order valence-electron chi connectivity index (χ3n) is 2.52. The molecule has 0 aromatic carbocycles. The quantitative estimate of drug-likeness (QED) is 0.748. The van der Waals surface area contributed by atoms with E-state index in [0.29, 0.717) is 6.04 Å². The van der Waals surface area contributed by atoms with Gasteiger partial charge in [-0.25, -0.2) is 0 Å². The second-order valence-electron chi connectivity index (χ2n) is 3.56. The van der Waals surface area contributed by atoms with Crippen LogP contribution in [0.4, 0.5) is 0 Å². The molecule has 0 spiro atoms. The molecule has 2 nitrogen and oxygen atoms in total. The van der Waals surface area contributed by atoms with Crippen molar-refractivity contribution >= 4 is 0 Å². The topological polar surface area (TPSA) is 24.9 Å². The van der Waals surface area contributed by atoms with E-state index in [1.165, 1.54) is 18.4 Å². The van der Waals surface area contributed by atoms with Gasteiger partial charge in [0.1, 0.15) is 0 Å². The summed E-state index contributed by atoms with van der Waals surface area (Å²) in [7, 11) is 0. The molecular formula is C12H20N2. The van der Waals surface area contributed by atoms with Crippen LogP contribution in [0.3, 0.4) is 0 Å². The lowest BCUT2D eigenvalue weighted by Gasteiger charge is -2.15. The molecule has 0 aliphatic rings. The lowest BCUT2D eigenvalue weighted by Crippen LogP contribution is -2.28. The van der Waals surface area contributed by atoms with Gasteiger partial charge in [0.2, 0.25) is 0 Å². The maximum absolute atomic E-state index is 4.01. The first-order valence-corrected chi connectivity index (χ1v) is 5.49. The highest BCUT2D eigenvalue weighted by Crippen LogP contribution is 2.05. The first-order chi connectivity index (χ1) is 6.86. The van der Waals surface area contributed by atoms with E-state index in [1.807, 2.05) is 12.4 Å². The molecule has 78 valence electrons. The zero-order chi connectivity index (χ0) is 10.2. The number of aryl methyl sites for hydroxylation is 1. The highest BCUT2D eigenvalue weighted by atomic mass is 14.9. The van der Waals surface area contributed by atoms with Gasteiger partial charge in [0.05, 0.1) is 0 Å². The number of pyridine rings is 1. The van der Waals surface area contributed by atoms with Crippen LogP contribution in [0.15, 0.2) is 24.5 Å². The molecule has 1 aromatic rings. The normalized spacial score (nSPS) is 12.7. The Bertz CT molecular complexity index is 233. The Kier molecular flexibility index (Phi) is 5.23. The van der Waals surface area contributed by atoms with Gasteiger partial charge in [0.25, 0.3) is 0 Å². The first kappa shape index (κ1) is 11.2. The van der Waals surface area contributed by atoms with E-state index in [4.69, 9.17) is 0 Å². The van der Waals surface area contributed by atoms with Crippen LogP contribution in [0.25, 0.3) is 0 Å². The van der Waals surface area contributed by atoms with E-state index in [0.717, 1.165) is 13.0 Å². The van der Waals surface area contributed by atoms with Crippen molar-refractivity contribution in [3.63, 3.8) is 0 Å². The molecule has 0 saturated heterocycles. The molecule has 14 heavy (non-hydrogen) atoms. The van der Waals surface area contributed by atoms with Crippen LogP contribution in [0, 0.1) is 0 Å². The molecule has 0 fully saturated rings. The fourth-order valence-electron chi connectivity index (χ4n) is 1.63. The van der Waals surface area contributed by atoms with Crippen molar-refractivity contribution in [1.29, 1.82) is 0 Å². The van der Waals surface area contributed by atoms with Crippen molar-refractivity contribution in [2.24, 2.45) is 0 Å². The molecule has 1 N–H and O–H groups in total.